The number of carbonyl (C=O) groups excluding carboxylic acids is 1. The molecule has 200 valence electrons. The molecule has 1 aromatic heterocycles. The second kappa shape index (κ2) is 10.8. The fraction of sp³-hybridized carbons (Fsp3) is 0.552. The van der Waals surface area contributed by atoms with E-state index in [4.69, 9.17) is 14.5 Å². The maximum atomic E-state index is 12.7. The molecule has 0 atom stereocenters. The average molecular weight is 517 g/mol. The first-order valence-electron chi connectivity index (χ1n) is 13.9. The molecule has 9 nitrogen and oxygen atoms in total. The highest BCUT2D eigenvalue weighted by Crippen LogP contribution is 2.40. The summed E-state index contributed by atoms with van der Waals surface area (Å²) >= 11 is 0. The summed E-state index contributed by atoms with van der Waals surface area (Å²) in [5.41, 5.74) is 3.78. The van der Waals surface area contributed by atoms with Crippen molar-refractivity contribution in [3.8, 4) is 11.9 Å². The third-order valence-corrected chi connectivity index (χ3v) is 8.65. The molecule has 38 heavy (non-hydrogen) atoms. The molecule has 0 bridgehead atoms. The van der Waals surface area contributed by atoms with Gasteiger partial charge in [-0.3, -0.25) is 4.90 Å². The maximum Gasteiger partial charge on any atom is 0.410 e. The maximum absolute atomic E-state index is 12.7. The van der Waals surface area contributed by atoms with E-state index in [9.17, 15) is 10.1 Å². The number of anilines is 1. The van der Waals surface area contributed by atoms with Crippen LogP contribution in [0.3, 0.4) is 0 Å². The van der Waals surface area contributed by atoms with E-state index >= 15 is 0 Å². The molecule has 6 rings (SSSR count). The lowest BCUT2D eigenvalue weighted by Gasteiger charge is -2.37. The lowest BCUT2D eigenvalue weighted by atomic mass is 9.95. The molecule has 3 saturated heterocycles. The van der Waals surface area contributed by atoms with Gasteiger partial charge in [-0.1, -0.05) is 30.3 Å². The van der Waals surface area contributed by atoms with Crippen LogP contribution in [0.5, 0.6) is 5.88 Å². The fourth-order valence-electron chi connectivity index (χ4n) is 6.58. The van der Waals surface area contributed by atoms with Gasteiger partial charge in [0.15, 0.2) is 0 Å². The Morgan fingerprint density at radius 3 is 2.55 bits per heavy atom. The van der Waals surface area contributed by atoms with Crippen LogP contribution in [0.25, 0.3) is 0 Å². The molecule has 1 amide bonds. The van der Waals surface area contributed by atoms with Crippen LogP contribution in [0.15, 0.2) is 30.3 Å². The zero-order valence-corrected chi connectivity index (χ0v) is 22.0. The molecule has 3 fully saturated rings. The van der Waals surface area contributed by atoms with Gasteiger partial charge in [-0.2, -0.15) is 10.2 Å². The second-order valence-corrected chi connectivity index (χ2v) is 10.8. The minimum absolute atomic E-state index is 0.0917. The van der Waals surface area contributed by atoms with Crippen molar-refractivity contribution in [3.63, 3.8) is 0 Å². The number of fused-ring (bicyclic) bond motifs is 2. The first-order valence-corrected chi connectivity index (χ1v) is 13.9. The largest absolute Gasteiger partial charge is 0.475 e. The molecule has 0 radical (unpaired) electrons. The molecule has 4 aliphatic rings. The monoisotopic (exact) mass is 516 g/mol. The average Bonchev–Trinajstić information content (AvgIpc) is 3.55. The van der Waals surface area contributed by atoms with E-state index in [0.29, 0.717) is 50.8 Å². The minimum Gasteiger partial charge on any atom is -0.475 e. The molecule has 0 unspecified atom stereocenters. The molecule has 1 aromatic carbocycles. The summed E-state index contributed by atoms with van der Waals surface area (Å²) in [5.74, 6) is 1.36. The number of benzene rings is 1. The van der Waals surface area contributed by atoms with Gasteiger partial charge in [0.05, 0.1) is 5.54 Å². The van der Waals surface area contributed by atoms with Crippen molar-refractivity contribution in [2.45, 2.75) is 50.8 Å². The summed E-state index contributed by atoms with van der Waals surface area (Å²) in [4.78, 5) is 24.3. The highest BCUT2D eigenvalue weighted by molar-refractivity contribution is 5.68. The highest BCUT2D eigenvalue weighted by Gasteiger charge is 2.45. The SMILES string of the molecule is N#Cc1c(OCC23CCCN2CCC3)nc(N2CCN(C(=O)OCc3ccccc3)CC2)c2c1CNCC2. The molecule has 1 N–H and O–H groups in total. The van der Waals surface area contributed by atoms with Crippen molar-refractivity contribution in [1.82, 2.24) is 20.1 Å². The number of nitrogens with one attached hydrogen (secondary N) is 1. The number of aromatic nitrogens is 1. The number of ether oxygens (including phenoxy) is 2. The second-order valence-electron chi connectivity index (χ2n) is 10.8. The van der Waals surface area contributed by atoms with Crippen molar-refractivity contribution in [1.29, 1.82) is 5.26 Å². The van der Waals surface area contributed by atoms with Gasteiger partial charge in [0, 0.05) is 38.3 Å². The number of amides is 1. The molecule has 5 heterocycles. The van der Waals surface area contributed by atoms with E-state index in [1.165, 1.54) is 12.8 Å². The van der Waals surface area contributed by atoms with Crippen LogP contribution >= 0.6 is 0 Å². The summed E-state index contributed by atoms with van der Waals surface area (Å²) < 4.78 is 12.0. The van der Waals surface area contributed by atoms with Crippen LogP contribution in [0.2, 0.25) is 0 Å². The predicted molar refractivity (Wildman–Crippen MR) is 143 cm³/mol. The quantitative estimate of drug-likeness (QED) is 0.626. The number of nitriles is 1. The van der Waals surface area contributed by atoms with Crippen LogP contribution in [0.4, 0.5) is 10.6 Å². The van der Waals surface area contributed by atoms with E-state index in [2.05, 4.69) is 21.2 Å². The summed E-state index contributed by atoms with van der Waals surface area (Å²) in [6.07, 6.45) is 5.25. The lowest BCUT2D eigenvalue weighted by molar-refractivity contribution is 0.0940. The molecular weight excluding hydrogens is 480 g/mol. The first kappa shape index (κ1) is 25.0. The Morgan fingerprint density at radius 1 is 1.05 bits per heavy atom. The summed E-state index contributed by atoms with van der Waals surface area (Å²) in [6.45, 7) is 7.10. The van der Waals surface area contributed by atoms with Gasteiger partial charge in [-0.25, -0.2) is 4.79 Å². The molecule has 4 aliphatic heterocycles. The zero-order chi connectivity index (χ0) is 26.0. The standard InChI is InChI=1S/C29H36N6O3/c30-18-24-25-19-31-11-8-23(25)26(32-27(24)38-21-29-9-4-12-35(29)13-5-10-29)33-14-16-34(17-15-33)28(36)37-20-22-6-2-1-3-7-22/h1-3,6-7,31H,4-5,8-17,19-21H2. The molecule has 0 saturated carbocycles. The third-order valence-electron chi connectivity index (χ3n) is 8.65. The van der Waals surface area contributed by atoms with Crippen LogP contribution < -0.4 is 15.0 Å². The summed E-state index contributed by atoms with van der Waals surface area (Å²) in [5, 5.41) is 13.5. The Labute approximate surface area is 224 Å². The van der Waals surface area contributed by atoms with Crippen LogP contribution in [-0.4, -0.2) is 78.8 Å². The lowest BCUT2D eigenvalue weighted by Crippen LogP contribution is -2.49. The van der Waals surface area contributed by atoms with Crippen LogP contribution in [0.1, 0.15) is 47.9 Å². The molecule has 0 spiro atoms. The number of piperazine rings is 1. The summed E-state index contributed by atoms with van der Waals surface area (Å²) in [7, 11) is 0. The first-order chi connectivity index (χ1) is 18.7. The van der Waals surface area contributed by atoms with E-state index in [1.54, 1.807) is 4.90 Å². The van der Waals surface area contributed by atoms with E-state index in [1.807, 2.05) is 30.3 Å². The van der Waals surface area contributed by atoms with Crippen molar-refractivity contribution >= 4 is 11.9 Å². The van der Waals surface area contributed by atoms with Gasteiger partial charge in [0.1, 0.15) is 30.7 Å². The number of hydrogen-bond acceptors (Lipinski definition) is 8. The Kier molecular flexibility index (Phi) is 7.09. The normalized spacial score (nSPS) is 20.5. The fourth-order valence-corrected chi connectivity index (χ4v) is 6.58. The Bertz CT molecular complexity index is 1200. The van der Waals surface area contributed by atoms with E-state index in [-0.39, 0.29) is 18.2 Å². The van der Waals surface area contributed by atoms with Gasteiger partial charge in [-0.05, 0) is 62.9 Å². The van der Waals surface area contributed by atoms with Gasteiger partial charge < -0.3 is 24.6 Å². The number of nitrogens with zero attached hydrogens (tertiary/aromatic N) is 5. The smallest absolute Gasteiger partial charge is 0.410 e. The Morgan fingerprint density at radius 2 is 1.82 bits per heavy atom. The minimum atomic E-state index is -0.284. The van der Waals surface area contributed by atoms with E-state index in [0.717, 1.165) is 61.4 Å². The van der Waals surface area contributed by atoms with Crippen molar-refractivity contribution < 1.29 is 14.3 Å². The number of hydrogen-bond donors (Lipinski definition) is 1. The zero-order valence-electron chi connectivity index (χ0n) is 22.0. The topological polar surface area (TPSA) is 94.0 Å². The number of carbonyl (C=O) groups is 1. The Balaban J connectivity index is 1.17. The van der Waals surface area contributed by atoms with Gasteiger partial charge in [-0.15, -0.1) is 0 Å². The van der Waals surface area contributed by atoms with Crippen molar-refractivity contribution in [3.05, 3.63) is 52.6 Å². The Hall–Kier alpha value is -3.35. The van der Waals surface area contributed by atoms with Crippen molar-refractivity contribution in [2.24, 2.45) is 0 Å². The van der Waals surface area contributed by atoms with Gasteiger partial charge in [0.2, 0.25) is 5.88 Å². The number of pyridine rings is 1. The third kappa shape index (κ3) is 4.79. The highest BCUT2D eigenvalue weighted by atomic mass is 16.6. The van der Waals surface area contributed by atoms with Crippen LogP contribution in [-0.2, 0) is 24.3 Å². The molecule has 9 heteroatoms. The number of rotatable bonds is 6. The van der Waals surface area contributed by atoms with Gasteiger partial charge >= 0.3 is 6.09 Å². The molecular formula is C29H36N6O3. The van der Waals surface area contributed by atoms with Crippen LogP contribution in [0, 0.1) is 11.3 Å². The molecule has 0 aliphatic carbocycles. The molecule has 2 aromatic rings. The van der Waals surface area contributed by atoms with Crippen molar-refractivity contribution in [2.75, 3.05) is 57.3 Å². The summed E-state index contributed by atoms with van der Waals surface area (Å²) in [6, 6.07) is 12.1. The van der Waals surface area contributed by atoms with Gasteiger partial charge in [0.25, 0.3) is 0 Å². The van der Waals surface area contributed by atoms with E-state index < -0.39 is 0 Å². The predicted octanol–water partition coefficient (Wildman–Crippen LogP) is 3.06.